The molecule has 1 saturated heterocycles. The lowest BCUT2D eigenvalue weighted by Gasteiger charge is -2.13. The maximum Gasteiger partial charge on any atom is 0.305 e. The summed E-state index contributed by atoms with van der Waals surface area (Å²) in [6, 6.07) is 0. The SMILES string of the molecule is CCCCCCCCCCC[C@@H]1CC[C@H](CCC(=O)OC)O1. The van der Waals surface area contributed by atoms with Crippen LogP contribution in [0.2, 0.25) is 0 Å². The van der Waals surface area contributed by atoms with E-state index >= 15 is 0 Å². The molecule has 0 saturated carbocycles. The van der Waals surface area contributed by atoms with Gasteiger partial charge in [-0.1, -0.05) is 64.7 Å². The summed E-state index contributed by atoms with van der Waals surface area (Å²) in [7, 11) is 1.45. The van der Waals surface area contributed by atoms with Gasteiger partial charge in [0.25, 0.3) is 0 Å². The molecule has 1 heterocycles. The van der Waals surface area contributed by atoms with Crippen molar-refractivity contribution in [1.82, 2.24) is 0 Å². The average Bonchev–Trinajstić information content (AvgIpc) is 2.99. The maximum absolute atomic E-state index is 11.1. The third kappa shape index (κ3) is 9.45. The molecule has 3 heteroatoms. The molecule has 0 aromatic carbocycles. The lowest BCUT2D eigenvalue weighted by Crippen LogP contribution is -2.13. The summed E-state index contributed by atoms with van der Waals surface area (Å²) in [6.07, 6.45) is 17.9. The molecule has 2 atom stereocenters. The summed E-state index contributed by atoms with van der Waals surface area (Å²) in [6.45, 7) is 2.27. The summed E-state index contributed by atoms with van der Waals surface area (Å²) in [5.41, 5.74) is 0. The number of esters is 1. The fourth-order valence-corrected chi connectivity index (χ4v) is 3.27. The summed E-state index contributed by atoms with van der Waals surface area (Å²) >= 11 is 0. The van der Waals surface area contributed by atoms with Crippen molar-refractivity contribution in [3.8, 4) is 0 Å². The van der Waals surface area contributed by atoms with Gasteiger partial charge >= 0.3 is 5.97 Å². The fraction of sp³-hybridized carbons (Fsp3) is 0.947. The zero-order valence-corrected chi connectivity index (χ0v) is 14.8. The number of methoxy groups -OCH3 is 1. The van der Waals surface area contributed by atoms with E-state index in [4.69, 9.17) is 4.74 Å². The molecule has 1 rings (SSSR count). The standard InChI is InChI=1S/C19H36O3/c1-3-4-5-6-7-8-9-10-11-12-17-13-14-18(22-17)15-16-19(20)21-2/h17-18H,3-16H2,1-2H3/t17-,18-/m1/s1. The number of ether oxygens (including phenoxy) is 2. The first kappa shape index (κ1) is 19.5. The Hall–Kier alpha value is -0.570. The minimum Gasteiger partial charge on any atom is -0.469 e. The van der Waals surface area contributed by atoms with Crippen LogP contribution in [0.25, 0.3) is 0 Å². The minimum atomic E-state index is -0.119. The summed E-state index contributed by atoms with van der Waals surface area (Å²) in [5.74, 6) is -0.119. The Bertz CT molecular complexity index is 278. The Morgan fingerprint density at radius 3 is 2.05 bits per heavy atom. The highest BCUT2D eigenvalue weighted by Gasteiger charge is 2.25. The smallest absolute Gasteiger partial charge is 0.305 e. The lowest BCUT2D eigenvalue weighted by atomic mass is 10.0. The molecule has 0 amide bonds. The third-order valence-corrected chi connectivity index (χ3v) is 4.72. The van der Waals surface area contributed by atoms with Crippen molar-refractivity contribution in [2.24, 2.45) is 0 Å². The second kappa shape index (κ2) is 12.9. The molecule has 0 aromatic heterocycles. The Balaban J connectivity index is 1.89. The molecule has 0 bridgehead atoms. The van der Waals surface area contributed by atoms with Gasteiger partial charge in [-0.15, -0.1) is 0 Å². The van der Waals surface area contributed by atoms with Gasteiger partial charge in [0.2, 0.25) is 0 Å². The topological polar surface area (TPSA) is 35.5 Å². The first-order valence-electron chi connectivity index (χ1n) is 9.48. The number of hydrogen-bond acceptors (Lipinski definition) is 3. The Morgan fingerprint density at radius 2 is 1.45 bits per heavy atom. The van der Waals surface area contributed by atoms with Crippen LogP contribution in [0, 0.1) is 0 Å². The molecule has 0 radical (unpaired) electrons. The number of carbonyl (C=O) groups is 1. The van der Waals surface area contributed by atoms with E-state index in [9.17, 15) is 4.79 Å². The lowest BCUT2D eigenvalue weighted by molar-refractivity contribution is -0.141. The van der Waals surface area contributed by atoms with Crippen molar-refractivity contribution >= 4 is 5.97 Å². The van der Waals surface area contributed by atoms with E-state index in [0.717, 1.165) is 12.8 Å². The van der Waals surface area contributed by atoms with Crippen LogP contribution in [-0.2, 0) is 14.3 Å². The molecule has 0 unspecified atom stereocenters. The third-order valence-electron chi connectivity index (χ3n) is 4.72. The first-order valence-corrected chi connectivity index (χ1v) is 9.48. The van der Waals surface area contributed by atoms with Gasteiger partial charge < -0.3 is 9.47 Å². The van der Waals surface area contributed by atoms with Crippen LogP contribution in [0.4, 0.5) is 0 Å². The largest absolute Gasteiger partial charge is 0.469 e. The Kier molecular flexibility index (Phi) is 11.4. The van der Waals surface area contributed by atoms with Crippen LogP contribution < -0.4 is 0 Å². The highest BCUT2D eigenvalue weighted by Crippen LogP contribution is 2.26. The van der Waals surface area contributed by atoms with E-state index < -0.39 is 0 Å². The summed E-state index contributed by atoms with van der Waals surface area (Å²) in [4.78, 5) is 11.1. The molecule has 1 fully saturated rings. The molecular formula is C19H36O3. The van der Waals surface area contributed by atoms with Crippen LogP contribution >= 0.6 is 0 Å². The highest BCUT2D eigenvalue weighted by atomic mass is 16.5. The molecular weight excluding hydrogens is 276 g/mol. The first-order chi connectivity index (χ1) is 10.8. The van der Waals surface area contributed by atoms with E-state index in [1.807, 2.05) is 0 Å². The van der Waals surface area contributed by atoms with E-state index in [2.05, 4.69) is 11.7 Å². The maximum atomic E-state index is 11.1. The monoisotopic (exact) mass is 312 g/mol. The van der Waals surface area contributed by atoms with Crippen LogP contribution in [0.15, 0.2) is 0 Å². The number of carbonyl (C=O) groups excluding carboxylic acids is 1. The zero-order valence-electron chi connectivity index (χ0n) is 14.8. The molecule has 130 valence electrons. The normalized spacial score (nSPS) is 21.2. The molecule has 0 aliphatic carbocycles. The predicted molar refractivity (Wildman–Crippen MR) is 91.0 cm³/mol. The van der Waals surface area contributed by atoms with Crippen molar-refractivity contribution in [1.29, 1.82) is 0 Å². The van der Waals surface area contributed by atoms with E-state index in [0.29, 0.717) is 12.5 Å². The molecule has 1 aliphatic heterocycles. The summed E-state index contributed by atoms with van der Waals surface area (Å²) in [5, 5.41) is 0. The van der Waals surface area contributed by atoms with E-state index in [1.165, 1.54) is 77.7 Å². The molecule has 3 nitrogen and oxygen atoms in total. The van der Waals surface area contributed by atoms with Crippen molar-refractivity contribution in [3.63, 3.8) is 0 Å². The van der Waals surface area contributed by atoms with Crippen LogP contribution in [0.5, 0.6) is 0 Å². The Morgan fingerprint density at radius 1 is 0.909 bits per heavy atom. The van der Waals surface area contributed by atoms with Gasteiger partial charge in [0, 0.05) is 6.42 Å². The van der Waals surface area contributed by atoms with Crippen molar-refractivity contribution < 1.29 is 14.3 Å². The second-order valence-corrected chi connectivity index (χ2v) is 6.69. The van der Waals surface area contributed by atoms with E-state index in [1.54, 1.807) is 0 Å². The molecule has 22 heavy (non-hydrogen) atoms. The van der Waals surface area contributed by atoms with Gasteiger partial charge in [-0.2, -0.15) is 0 Å². The van der Waals surface area contributed by atoms with Gasteiger partial charge in [0.05, 0.1) is 19.3 Å². The fourth-order valence-electron chi connectivity index (χ4n) is 3.27. The molecule has 0 N–H and O–H groups in total. The molecule has 1 aliphatic rings. The van der Waals surface area contributed by atoms with Gasteiger partial charge in [0.15, 0.2) is 0 Å². The van der Waals surface area contributed by atoms with Crippen LogP contribution in [-0.4, -0.2) is 25.3 Å². The quantitative estimate of drug-likeness (QED) is 0.337. The highest BCUT2D eigenvalue weighted by molar-refractivity contribution is 5.69. The average molecular weight is 312 g/mol. The van der Waals surface area contributed by atoms with Crippen molar-refractivity contribution in [3.05, 3.63) is 0 Å². The molecule has 0 aromatic rings. The summed E-state index contributed by atoms with van der Waals surface area (Å²) < 4.78 is 10.7. The van der Waals surface area contributed by atoms with Crippen molar-refractivity contribution in [2.45, 2.75) is 109 Å². The Labute approximate surface area is 137 Å². The van der Waals surface area contributed by atoms with Crippen molar-refractivity contribution in [2.75, 3.05) is 7.11 Å². The number of unbranched alkanes of at least 4 members (excludes halogenated alkanes) is 8. The van der Waals surface area contributed by atoms with E-state index in [-0.39, 0.29) is 12.1 Å². The second-order valence-electron chi connectivity index (χ2n) is 6.69. The zero-order chi connectivity index (χ0) is 16.0. The van der Waals surface area contributed by atoms with Gasteiger partial charge in [-0.3, -0.25) is 4.79 Å². The predicted octanol–water partition coefficient (Wildman–Crippen LogP) is 5.41. The number of hydrogen-bond donors (Lipinski definition) is 0. The van der Waals surface area contributed by atoms with Crippen LogP contribution in [0.1, 0.15) is 96.8 Å². The van der Waals surface area contributed by atoms with Gasteiger partial charge in [0.1, 0.15) is 0 Å². The number of rotatable bonds is 13. The van der Waals surface area contributed by atoms with Gasteiger partial charge in [-0.25, -0.2) is 0 Å². The minimum absolute atomic E-state index is 0.119. The van der Waals surface area contributed by atoms with Gasteiger partial charge in [-0.05, 0) is 25.7 Å². The molecule has 0 spiro atoms. The van der Waals surface area contributed by atoms with Crippen LogP contribution in [0.3, 0.4) is 0 Å².